The molecular formula is C13H17N3O2. The molecule has 2 aromatic heterocycles. The standard InChI is InChI=1S/C13H17N3O2/c1-9-7-10(2)16(15-9)11(3)13(17)14-8-12-5-4-6-18-12/h4-7,11H,8H2,1-3H3,(H,14,17). The Bertz CT molecular complexity index is 528. The molecule has 0 bridgehead atoms. The number of nitrogens with one attached hydrogen (secondary N) is 1. The van der Waals surface area contributed by atoms with Crippen LogP contribution in [0.2, 0.25) is 0 Å². The molecule has 1 amide bonds. The Morgan fingerprint density at radius 1 is 1.56 bits per heavy atom. The molecule has 2 heterocycles. The lowest BCUT2D eigenvalue weighted by Crippen LogP contribution is -2.31. The van der Waals surface area contributed by atoms with Crippen molar-refractivity contribution in [2.75, 3.05) is 0 Å². The van der Waals surface area contributed by atoms with Crippen LogP contribution in [0.1, 0.15) is 30.1 Å². The van der Waals surface area contributed by atoms with E-state index < -0.39 is 0 Å². The van der Waals surface area contributed by atoms with Crippen molar-refractivity contribution in [3.63, 3.8) is 0 Å². The topological polar surface area (TPSA) is 60.1 Å². The van der Waals surface area contributed by atoms with Crippen LogP contribution in [0.4, 0.5) is 0 Å². The lowest BCUT2D eigenvalue weighted by molar-refractivity contribution is -0.124. The number of carbonyl (C=O) groups excluding carboxylic acids is 1. The molecule has 2 aromatic rings. The number of hydrogen-bond acceptors (Lipinski definition) is 3. The van der Waals surface area contributed by atoms with E-state index in [0.29, 0.717) is 6.54 Å². The molecule has 0 fully saturated rings. The number of nitrogens with zero attached hydrogens (tertiary/aromatic N) is 2. The van der Waals surface area contributed by atoms with Crippen LogP contribution in [0, 0.1) is 13.8 Å². The van der Waals surface area contributed by atoms with E-state index in [1.807, 2.05) is 32.9 Å². The van der Waals surface area contributed by atoms with Crippen LogP contribution in [0.25, 0.3) is 0 Å². The number of hydrogen-bond donors (Lipinski definition) is 1. The third kappa shape index (κ3) is 2.61. The highest BCUT2D eigenvalue weighted by Gasteiger charge is 2.17. The first-order valence-corrected chi connectivity index (χ1v) is 5.91. The summed E-state index contributed by atoms with van der Waals surface area (Å²) >= 11 is 0. The maximum atomic E-state index is 12.0. The predicted octanol–water partition coefficient (Wildman–Crippen LogP) is 1.97. The second-order valence-electron chi connectivity index (χ2n) is 4.34. The van der Waals surface area contributed by atoms with E-state index in [1.165, 1.54) is 0 Å². The van der Waals surface area contributed by atoms with E-state index >= 15 is 0 Å². The Morgan fingerprint density at radius 3 is 2.89 bits per heavy atom. The van der Waals surface area contributed by atoms with Gasteiger partial charge in [-0.15, -0.1) is 0 Å². The summed E-state index contributed by atoms with van der Waals surface area (Å²) in [6, 6.07) is 5.25. The van der Waals surface area contributed by atoms with Crippen LogP contribution < -0.4 is 5.32 Å². The molecule has 2 rings (SSSR count). The van der Waals surface area contributed by atoms with Gasteiger partial charge in [0.2, 0.25) is 5.91 Å². The maximum Gasteiger partial charge on any atom is 0.244 e. The molecule has 1 atom stereocenters. The Kier molecular flexibility index (Phi) is 3.50. The molecule has 18 heavy (non-hydrogen) atoms. The Balaban J connectivity index is 1.98. The molecule has 0 aliphatic heterocycles. The summed E-state index contributed by atoms with van der Waals surface area (Å²) in [6.07, 6.45) is 1.59. The smallest absolute Gasteiger partial charge is 0.244 e. The summed E-state index contributed by atoms with van der Waals surface area (Å²) in [7, 11) is 0. The van der Waals surface area contributed by atoms with Gasteiger partial charge in [-0.05, 0) is 39.0 Å². The van der Waals surface area contributed by atoms with Crippen molar-refractivity contribution in [1.82, 2.24) is 15.1 Å². The van der Waals surface area contributed by atoms with Gasteiger partial charge in [0.1, 0.15) is 11.8 Å². The lowest BCUT2D eigenvalue weighted by Gasteiger charge is -2.13. The molecule has 0 radical (unpaired) electrons. The number of amides is 1. The fourth-order valence-electron chi connectivity index (χ4n) is 1.88. The second kappa shape index (κ2) is 5.08. The first kappa shape index (κ1) is 12.4. The minimum absolute atomic E-state index is 0.0717. The summed E-state index contributed by atoms with van der Waals surface area (Å²) in [5.41, 5.74) is 1.89. The van der Waals surface area contributed by atoms with E-state index in [1.54, 1.807) is 17.0 Å². The number of aromatic nitrogens is 2. The molecule has 0 aromatic carbocycles. The zero-order valence-electron chi connectivity index (χ0n) is 10.8. The van der Waals surface area contributed by atoms with Crippen molar-refractivity contribution in [1.29, 1.82) is 0 Å². The molecule has 1 unspecified atom stereocenters. The van der Waals surface area contributed by atoms with Crippen LogP contribution in [0.15, 0.2) is 28.9 Å². The minimum atomic E-state index is -0.325. The zero-order chi connectivity index (χ0) is 13.1. The summed E-state index contributed by atoms with van der Waals surface area (Å²) in [5.74, 6) is 0.668. The minimum Gasteiger partial charge on any atom is -0.467 e. The Morgan fingerprint density at radius 2 is 2.33 bits per heavy atom. The molecule has 5 heteroatoms. The Hall–Kier alpha value is -2.04. The first-order chi connectivity index (χ1) is 8.58. The van der Waals surface area contributed by atoms with Gasteiger partial charge < -0.3 is 9.73 Å². The van der Waals surface area contributed by atoms with Crippen LogP contribution in [0.5, 0.6) is 0 Å². The number of furan rings is 1. The number of rotatable bonds is 4. The lowest BCUT2D eigenvalue weighted by atomic mass is 10.3. The fraction of sp³-hybridized carbons (Fsp3) is 0.385. The second-order valence-corrected chi connectivity index (χ2v) is 4.34. The van der Waals surface area contributed by atoms with Gasteiger partial charge in [0, 0.05) is 5.69 Å². The van der Waals surface area contributed by atoms with Gasteiger partial charge in [-0.1, -0.05) is 0 Å². The molecule has 5 nitrogen and oxygen atoms in total. The van der Waals surface area contributed by atoms with Crippen molar-refractivity contribution < 1.29 is 9.21 Å². The van der Waals surface area contributed by atoms with Crippen molar-refractivity contribution in [2.24, 2.45) is 0 Å². The summed E-state index contributed by atoms with van der Waals surface area (Å²) in [5, 5.41) is 7.13. The number of carbonyl (C=O) groups is 1. The summed E-state index contributed by atoms with van der Waals surface area (Å²) in [4.78, 5) is 12.0. The van der Waals surface area contributed by atoms with Gasteiger partial charge in [-0.3, -0.25) is 9.48 Å². The highest BCUT2D eigenvalue weighted by molar-refractivity contribution is 5.79. The molecule has 96 valence electrons. The molecule has 1 N–H and O–H groups in total. The highest BCUT2D eigenvalue weighted by Crippen LogP contribution is 2.11. The van der Waals surface area contributed by atoms with Crippen LogP contribution in [-0.2, 0) is 11.3 Å². The van der Waals surface area contributed by atoms with Gasteiger partial charge in [-0.2, -0.15) is 5.10 Å². The average Bonchev–Trinajstić information content (AvgIpc) is 2.94. The molecule has 0 spiro atoms. The maximum absolute atomic E-state index is 12.0. The summed E-state index contributed by atoms with van der Waals surface area (Å²) in [6.45, 7) is 6.08. The molecular weight excluding hydrogens is 230 g/mol. The van der Waals surface area contributed by atoms with Crippen molar-refractivity contribution in [3.05, 3.63) is 41.6 Å². The molecule has 0 saturated carbocycles. The monoisotopic (exact) mass is 247 g/mol. The van der Waals surface area contributed by atoms with Gasteiger partial charge in [-0.25, -0.2) is 0 Å². The fourth-order valence-corrected chi connectivity index (χ4v) is 1.88. The molecule has 0 saturated heterocycles. The van der Waals surface area contributed by atoms with Crippen molar-refractivity contribution in [2.45, 2.75) is 33.4 Å². The largest absolute Gasteiger partial charge is 0.467 e. The molecule has 0 aliphatic rings. The van der Waals surface area contributed by atoms with E-state index in [9.17, 15) is 4.79 Å². The Labute approximate surface area is 106 Å². The van der Waals surface area contributed by atoms with Crippen LogP contribution >= 0.6 is 0 Å². The van der Waals surface area contributed by atoms with Crippen molar-refractivity contribution >= 4 is 5.91 Å². The van der Waals surface area contributed by atoms with Gasteiger partial charge >= 0.3 is 0 Å². The third-order valence-corrected chi connectivity index (χ3v) is 2.81. The normalized spacial score (nSPS) is 12.4. The average molecular weight is 247 g/mol. The van der Waals surface area contributed by atoms with Gasteiger partial charge in [0.15, 0.2) is 0 Å². The van der Waals surface area contributed by atoms with Crippen LogP contribution in [-0.4, -0.2) is 15.7 Å². The van der Waals surface area contributed by atoms with Crippen LogP contribution in [0.3, 0.4) is 0 Å². The van der Waals surface area contributed by atoms with E-state index in [0.717, 1.165) is 17.1 Å². The van der Waals surface area contributed by atoms with Crippen molar-refractivity contribution in [3.8, 4) is 0 Å². The van der Waals surface area contributed by atoms with Gasteiger partial charge in [0.25, 0.3) is 0 Å². The third-order valence-electron chi connectivity index (χ3n) is 2.81. The van der Waals surface area contributed by atoms with E-state index in [-0.39, 0.29) is 11.9 Å². The quantitative estimate of drug-likeness (QED) is 0.898. The predicted molar refractivity (Wildman–Crippen MR) is 67.0 cm³/mol. The first-order valence-electron chi connectivity index (χ1n) is 5.91. The zero-order valence-corrected chi connectivity index (χ0v) is 10.8. The van der Waals surface area contributed by atoms with E-state index in [4.69, 9.17) is 4.42 Å². The molecule has 0 aliphatic carbocycles. The van der Waals surface area contributed by atoms with Gasteiger partial charge in [0.05, 0.1) is 18.5 Å². The summed E-state index contributed by atoms with van der Waals surface area (Å²) < 4.78 is 6.89. The van der Waals surface area contributed by atoms with E-state index in [2.05, 4.69) is 10.4 Å². The SMILES string of the molecule is Cc1cc(C)n(C(C)C(=O)NCc2ccco2)n1. The highest BCUT2D eigenvalue weighted by atomic mass is 16.3. The number of aryl methyl sites for hydroxylation is 2.